The van der Waals surface area contributed by atoms with Gasteiger partial charge < -0.3 is 29.3 Å². The van der Waals surface area contributed by atoms with E-state index in [0.29, 0.717) is 56.9 Å². The zero-order chi connectivity index (χ0) is 29.2. The van der Waals surface area contributed by atoms with Crippen molar-refractivity contribution in [3.05, 3.63) is 48.6 Å². The highest BCUT2D eigenvalue weighted by molar-refractivity contribution is 6.06. The SMILES string of the molecule is CCCN1CC=C[C@@]2(CC)O[C@]34C=CCN(c5ccc(OC)cc5)C(=O)C3N(CCCCCCO)C(=O)[C@@H]4[C@H]2C1=O. The lowest BCUT2D eigenvalue weighted by Gasteiger charge is -2.38. The summed E-state index contributed by atoms with van der Waals surface area (Å²) in [6.45, 7) is 5.97. The molecular weight excluding hydrogens is 522 g/mol. The molecule has 1 spiro atoms. The third kappa shape index (κ3) is 4.87. The summed E-state index contributed by atoms with van der Waals surface area (Å²) < 4.78 is 12.3. The number of aliphatic hydroxyl groups excluding tert-OH is 1. The second kappa shape index (κ2) is 12.0. The molecule has 0 saturated carbocycles. The van der Waals surface area contributed by atoms with Crippen LogP contribution in [0.2, 0.25) is 0 Å². The van der Waals surface area contributed by atoms with E-state index in [1.165, 1.54) is 0 Å². The number of rotatable bonds is 11. The molecule has 1 unspecified atom stereocenters. The first kappa shape index (κ1) is 29.3. The van der Waals surface area contributed by atoms with Crippen LogP contribution in [0.3, 0.4) is 0 Å². The molecule has 41 heavy (non-hydrogen) atoms. The molecule has 5 rings (SSSR count). The van der Waals surface area contributed by atoms with Crippen molar-refractivity contribution in [2.24, 2.45) is 11.8 Å². The number of aliphatic hydroxyl groups is 1. The van der Waals surface area contributed by atoms with Crippen molar-refractivity contribution in [3.8, 4) is 5.75 Å². The first-order chi connectivity index (χ1) is 19.9. The molecule has 0 bridgehead atoms. The first-order valence-corrected chi connectivity index (χ1v) is 15.1. The van der Waals surface area contributed by atoms with Gasteiger partial charge in [-0.15, -0.1) is 0 Å². The van der Waals surface area contributed by atoms with Crippen LogP contribution in [0.5, 0.6) is 5.75 Å². The Bertz CT molecular complexity index is 1200. The maximum absolute atomic E-state index is 14.6. The molecule has 2 fully saturated rings. The average Bonchev–Trinajstić information content (AvgIpc) is 3.27. The van der Waals surface area contributed by atoms with Gasteiger partial charge >= 0.3 is 0 Å². The smallest absolute Gasteiger partial charge is 0.253 e. The summed E-state index contributed by atoms with van der Waals surface area (Å²) in [4.78, 5) is 48.4. The van der Waals surface area contributed by atoms with Crippen molar-refractivity contribution >= 4 is 23.4 Å². The monoisotopic (exact) mass is 565 g/mol. The number of carbonyl (C=O) groups is 3. The molecule has 3 amide bonds. The minimum Gasteiger partial charge on any atom is -0.497 e. The van der Waals surface area contributed by atoms with E-state index in [1.54, 1.807) is 16.9 Å². The van der Waals surface area contributed by atoms with Crippen LogP contribution in [0, 0.1) is 11.8 Å². The van der Waals surface area contributed by atoms with Gasteiger partial charge in [-0.3, -0.25) is 14.4 Å². The summed E-state index contributed by atoms with van der Waals surface area (Å²) in [7, 11) is 1.60. The molecule has 5 atom stereocenters. The highest BCUT2D eigenvalue weighted by atomic mass is 16.5. The molecule has 222 valence electrons. The number of unbranched alkanes of at least 4 members (excludes halogenated alkanes) is 3. The number of methoxy groups -OCH3 is 1. The molecule has 9 heteroatoms. The van der Waals surface area contributed by atoms with Gasteiger partial charge in [-0.2, -0.15) is 0 Å². The van der Waals surface area contributed by atoms with Crippen LogP contribution >= 0.6 is 0 Å². The van der Waals surface area contributed by atoms with Crippen molar-refractivity contribution in [1.82, 2.24) is 9.80 Å². The summed E-state index contributed by atoms with van der Waals surface area (Å²) in [5, 5.41) is 9.19. The summed E-state index contributed by atoms with van der Waals surface area (Å²) >= 11 is 0. The lowest BCUT2D eigenvalue weighted by atomic mass is 9.73. The molecule has 9 nitrogen and oxygen atoms in total. The van der Waals surface area contributed by atoms with E-state index in [9.17, 15) is 19.5 Å². The highest BCUT2D eigenvalue weighted by Gasteiger charge is 2.75. The molecule has 1 N–H and O–H groups in total. The van der Waals surface area contributed by atoms with Crippen LogP contribution in [-0.2, 0) is 19.1 Å². The van der Waals surface area contributed by atoms with Crippen molar-refractivity contribution in [3.63, 3.8) is 0 Å². The van der Waals surface area contributed by atoms with Gasteiger partial charge in [0.25, 0.3) is 5.91 Å². The second-order valence-electron chi connectivity index (χ2n) is 11.5. The molecule has 1 aromatic rings. The predicted octanol–water partition coefficient (Wildman–Crippen LogP) is 3.32. The fourth-order valence-corrected chi connectivity index (χ4v) is 7.26. The van der Waals surface area contributed by atoms with Gasteiger partial charge in [0.2, 0.25) is 11.8 Å². The lowest BCUT2D eigenvalue weighted by Crippen LogP contribution is -2.56. The Morgan fingerprint density at radius 3 is 2.32 bits per heavy atom. The minimum atomic E-state index is -1.25. The molecule has 2 saturated heterocycles. The van der Waals surface area contributed by atoms with Gasteiger partial charge in [0.15, 0.2) is 0 Å². The molecule has 4 aliphatic rings. The second-order valence-corrected chi connectivity index (χ2v) is 11.5. The molecule has 0 aromatic heterocycles. The number of likely N-dealkylation sites (tertiary alicyclic amines) is 1. The maximum Gasteiger partial charge on any atom is 0.253 e. The Kier molecular flexibility index (Phi) is 8.57. The van der Waals surface area contributed by atoms with E-state index in [0.717, 1.165) is 19.3 Å². The molecule has 4 aliphatic heterocycles. The standard InChI is InChI=1S/C32H43N3O6/c1-4-18-33-19-10-16-31(5-2)25(28(33)37)26-29(38)35(20-8-6-7-9-22-36)27-30(39)34(21-11-17-32(26,27)41-31)23-12-14-24(40-3)15-13-23/h10-17,25-27,36H,4-9,18-22H2,1-3H3/t25-,26-,27?,31+,32-/m0/s1. The first-order valence-electron chi connectivity index (χ1n) is 15.1. The number of nitrogens with zero attached hydrogens (tertiary/aromatic N) is 3. The Labute approximate surface area is 242 Å². The van der Waals surface area contributed by atoms with E-state index < -0.39 is 29.1 Å². The quantitative estimate of drug-likeness (QED) is 0.327. The predicted molar refractivity (Wildman–Crippen MR) is 155 cm³/mol. The van der Waals surface area contributed by atoms with Crippen LogP contribution in [-0.4, -0.2) is 89.8 Å². The third-order valence-corrected chi connectivity index (χ3v) is 9.21. The van der Waals surface area contributed by atoms with Crippen molar-refractivity contribution in [2.75, 3.05) is 44.8 Å². The summed E-state index contributed by atoms with van der Waals surface area (Å²) in [5.41, 5.74) is -1.51. The Hall–Kier alpha value is -3.17. The normalized spacial score (nSPS) is 30.8. The Morgan fingerprint density at radius 1 is 0.902 bits per heavy atom. The summed E-state index contributed by atoms with van der Waals surface area (Å²) in [6, 6.07) is 6.43. The largest absolute Gasteiger partial charge is 0.497 e. The Morgan fingerprint density at radius 2 is 1.63 bits per heavy atom. The summed E-state index contributed by atoms with van der Waals surface area (Å²) in [5.74, 6) is -1.29. The van der Waals surface area contributed by atoms with Crippen LogP contribution in [0.1, 0.15) is 52.4 Å². The molecule has 4 heterocycles. The lowest BCUT2D eigenvalue weighted by molar-refractivity contribution is -0.150. The fraction of sp³-hybridized carbons (Fsp3) is 0.594. The molecule has 0 radical (unpaired) electrons. The van der Waals surface area contributed by atoms with Crippen LogP contribution in [0.25, 0.3) is 0 Å². The topological polar surface area (TPSA) is 99.6 Å². The zero-order valence-corrected chi connectivity index (χ0v) is 24.5. The van der Waals surface area contributed by atoms with Gasteiger partial charge in [0.1, 0.15) is 17.4 Å². The minimum absolute atomic E-state index is 0.0745. The fourth-order valence-electron chi connectivity index (χ4n) is 7.26. The number of carbonyl (C=O) groups excluding carboxylic acids is 3. The van der Waals surface area contributed by atoms with Crippen molar-refractivity contribution in [1.29, 1.82) is 0 Å². The van der Waals surface area contributed by atoms with E-state index in [2.05, 4.69) is 0 Å². The van der Waals surface area contributed by atoms with Crippen LogP contribution in [0.15, 0.2) is 48.6 Å². The van der Waals surface area contributed by atoms with Crippen LogP contribution in [0.4, 0.5) is 5.69 Å². The van der Waals surface area contributed by atoms with E-state index in [1.807, 2.05) is 67.3 Å². The van der Waals surface area contributed by atoms with E-state index >= 15 is 0 Å². The van der Waals surface area contributed by atoms with Crippen molar-refractivity contribution in [2.45, 2.75) is 69.6 Å². The van der Waals surface area contributed by atoms with Crippen LogP contribution < -0.4 is 9.64 Å². The van der Waals surface area contributed by atoms with E-state index in [4.69, 9.17) is 9.47 Å². The maximum atomic E-state index is 14.6. The van der Waals surface area contributed by atoms with Gasteiger partial charge in [-0.1, -0.05) is 51.0 Å². The molecular formula is C32H43N3O6. The van der Waals surface area contributed by atoms with Gasteiger partial charge in [-0.25, -0.2) is 0 Å². The zero-order valence-electron chi connectivity index (χ0n) is 24.5. The molecule has 1 aromatic carbocycles. The van der Waals surface area contributed by atoms with Crippen molar-refractivity contribution < 1.29 is 29.0 Å². The Balaban J connectivity index is 1.58. The van der Waals surface area contributed by atoms with Gasteiger partial charge in [0, 0.05) is 38.5 Å². The number of hydrogen-bond acceptors (Lipinski definition) is 6. The van der Waals surface area contributed by atoms with Gasteiger partial charge in [0.05, 0.1) is 24.5 Å². The number of amides is 3. The molecule has 0 aliphatic carbocycles. The van der Waals surface area contributed by atoms with E-state index in [-0.39, 0.29) is 24.3 Å². The number of anilines is 1. The number of hydrogen-bond donors (Lipinski definition) is 1. The highest BCUT2D eigenvalue weighted by Crippen LogP contribution is 2.58. The summed E-state index contributed by atoms with van der Waals surface area (Å²) in [6.07, 6.45) is 12.2. The van der Waals surface area contributed by atoms with Gasteiger partial charge in [-0.05, 0) is 49.9 Å². The number of benzene rings is 1. The average molecular weight is 566 g/mol. The third-order valence-electron chi connectivity index (χ3n) is 9.21. The number of ether oxygens (including phenoxy) is 2. The number of fused-ring (bicyclic) bond motifs is 2.